The number of sulfonamides is 1. The van der Waals surface area contributed by atoms with Crippen molar-refractivity contribution in [2.24, 2.45) is 0 Å². The van der Waals surface area contributed by atoms with Crippen molar-refractivity contribution in [1.82, 2.24) is 19.2 Å². The summed E-state index contributed by atoms with van der Waals surface area (Å²) in [5.74, 6) is 1.51. The molecule has 9 heteroatoms. The molecule has 0 saturated heterocycles. The Morgan fingerprint density at radius 1 is 1.06 bits per heavy atom. The molecule has 0 fully saturated rings. The fourth-order valence-corrected chi connectivity index (χ4v) is 5.02. The highest BCUT2D eigenvalue weighted by molar-refractivity contribution is 7.89. The molecule has 0 aliphatic rings. The Morgan fingerprint density at radius 2 is 1.80 bits per heavy atom. The molecule has 1 N–H and O–H groups in total. The predicted octanol–water partition coefficient (Wildman–Crippen LogP) is 3.72. The number of aryl methyl sites for hydroxylation is 2. The van der Waals surface area contributed by atoms with E-state index in [-0.39, 0.29) is 17.2 Å². The van der Waals surface area contributed by atoms with Gasteiger partial charge in [0.25, 0.3) is 0 Å². The summed E-state index contributed by atoms with van der Waals surface area (Å²) >= 11 is 0. The largest absolute Gasteiger partial charge is 0.497 e. The van der Waals surface area contributed by atoms with Crippen LogP contribution in [-0.2, 0) is 34.3 Å². The summed E-state index contributed by atoms with van der Waals surface area (Å²) in [6.07, 6.45) is 0.749. The Morgan fingerprint density at radius 3 is 2.51 bits per heavy atom. The van der Waals surface area contributed by atoms with Crippen LogP contribution in [0.4, 0.5) is 0 Å². The quantitative estimate of drug-likeness (QED) is 0.383. The number of benzene rings is 3. The molecule has 184 valence electrons. The normalized spacial score (nSPS) is 11.9. The van der Waals surface area contributed by atoms with Crippen molar-refractivity contribution in [3.05, 3.63) is 66.0 Å². The lowest BCUT2D eigenvalue weighted by Gasteiger charge is -2.11. The summed E-state index contributed by atoms with van der Waals surface area (Å²) in [6.45, 7) is 3.12. The summed E-state index contributed by atoms with van der Waals surface area (Å²) in [5.41, 5.74) is 2.48. The van der Waals surface area contributed by atoms with Gasteiger partial charge in [0.2, 0.25) is 15.9 Å². The van der Waals surface area contributed by atoms with Crippen LogP contribution in [0.15, 0.2) is 59.5 Å². The molecule has 0 saturated carbocycles. The highest BCUT2D eigenvalue weighted by atomic mass is 32.2. The van der Waals surface area contributed by atoms with Gasteiger partial charge in [-0.3, -0.25) is 4.79 Å². The van der Waals surface area contributed by atoms with Crippen LogP contribution < -0.4 is 10.1 Å². The number of carbonyl (C=O) groups is 1. The van der Waals surface area contributed by atoms with Crippen molar-refractivity contribution in [1.29, 1.82) is 0 Å². The number of ether oxygens (including phenoxy) is 1. The lowest BCUT2D eigenvalue weighted by molar-refractivity contribution is -0.121. The molecule has 0 aliphatic heterocycles. The van der Waals surface area contributed by atoms with Crippen LogP contribution in [0.5, 0.6) is 5.75 Å². The van der Waals surface area contributed by atoms with E-state index in [4.69, 9.17) is 4.74 Å². The average molecular weight is 495 g/mol. The SMILES string of the molecule is CCn1c(CCC(=O)NCc2ccc3cc(OC)ccc3c2)nc2cc(S(=O)(=O)N(C)C)ccc21. The van der Waals surface area contributed by atoms with Crippen LogP contribution in [0.25, 0.3) is 21.8 Å². The van der Waals surface area contributed by atoms with Gasteiger partial charge in [0.15, 0.2) is 0 Å². The Balaban J connectivity index is 1.43. The summed E-state index contributed by atoms with van der Waals surface area (Å²) in [4.78, 5) is 17.4. The van der Waals surface area contributed by atoms with Crippen LogP contribution in [0.3, 0.4) is 0 Å². The third kappa shape index (κ3) is 5.16. The zero-order valence-electron chi connectivity index (χ0n) is 20.4. The third-order valence-electron chi connectivity index (χ3n) is 6.07. The number of carbonyl (C=O) groups excluding carboxylic acids is 1. The van der Waals surface area contributed by atoms with Crippen molar-refractivity contribution in [3.63, 3.8) is 0 Å². The molecule has 1 amide bonds. The molecular formula is C26H30N4O4S. The molecule has 0 atom stereocenters. The fraction of sp³-hybridized carbons (Fsp3) is 0.308. The molecule has 35 heavy (non-hydrogen) atoms. The van der Waals surface area contributed by atoms with Crippen LogP contribution in [0, 0.1) is 0 Å². The highest BCUT2D eigenvalue weighted by Gasteiger charge is 2.19. The second kappa shape index (κ2) is 10.1. The minimum atomic E-state index is -3.54. The number of rotatable bonds is 9. The standard InChI is InChI=1S/C26H30N4O4S/c1-5-30-24-11-10-22(35(32,33)29(2)3)16-23(24)28-25(30)12-13-26(31)27-17-18-6-7-20-15-21(34-4)9-8-19(20)14-18/h6-11,14-16H,5,12-13,17H2,1-4H3,(H,27,31). The number of nitrogens with zero attached hydrogens (tertiary/aromatic N) is 3. The summed E-state index contributed by atoms with van der Waals surface area (Å²) < 4.78 is 33.4. The number of fused-ring (bicyclic) bond motifs is 2. The molecule has 4 rings (SSSR count). The van der Waals surface area contributed by atoms with Gasteiger partial charge in [-0.1, -0.05) is 18.2 Å². The van der Waals surface area contributed by atoms with E-state index >= 15 is 0 Å². The first-order valence-electron chi connectivity index (χ1n) is 11.5. The molecule has 1 aromatic heterocycles. The van der Waals surface area contributed by atoms with Gasteiger partial charge in [0.1, 0.15) is 11.6 Å². The first-order valence-corrected chi connectivity index (χ1v) is 12.9. The Kier molecular flexibility index (Phi) is 7.09. The van der Waals surface area contributed by atoms with Gasteiger partial charge in [0, 0.05) is 40.0 Å². The van der Waals surface area contributed by atoms with Crippen molar-refractivity contribution < 1.29 is 17.9 Å². The molecule has 3 aromatic carbocycles. The molecule has 8 nitrogen and oxygen atoms in total. The third-order valence-corrected chi connectivity index (χ3v) is 7.88. The molecule has 0 spiro atoms. The van der Waals surface area contributed by atoms with Gasteiger partial charge in [-0.05, 0) is 59.7 Å². The maximum atomic E-state index is 12.6. The molecular weight excluding hydrogens is 464 g/mol. The van der Waals surface area contributed by atoms with Gasteiger partial charge >= 0.3 is 0 Å². The maximum Gasteiger partial charge on any atom is 0.242 e. The van der Waals surface area contributed by atoms with Gasteiger partial charge in [-0.15, -0.1) is 0 Å². The predicted molar refractivity (Wildman–Crippen MR) is 137 cm³/mol. The molecule has 4 aromatic rings. The second-order valence-electron chi connectivity index (χ2n) is 8.53. The number of nitrogens with one attached hydrogen (secondary N) is 1. The average Bonchev–Trinajstić information content (AvgIpc) is 3.22. The van der Waals surface area contributed by atoms with Crippen LogP contribution in [0.2, 0.25) is 0 Å². The maximum absolute atomic E-state index is 12.6. The number of hydrogen-bond donors (Lipinski definition) is 1. The molecule has 0 radical (unpaired) electrons. The zero-order valence-corrected chi connectivity index (χ0v) is 21.2. The van der Waals surface area contributed by atoms with E-state index in [1.807, 2.05) is 41.8 Å². The van der Waals surface area contributed by atoms with E-state index < -0.39 is 10.0 Å². The number of hydrogen-bond acceptors (Lipinski definition) is 5. The van der Waals surface area contributed by atoms with E-state index in [2.05, 4.69) is 16.4 Å². The minimum Gasteiger partial charge on any atom is -0.497 e. The molecule has 0 bridgehead atoms. The van der Waals surface area contributed by atoms with Crippen LogP contribution >= 0.6 is 0 Å². The number of amides is 1. The van der Waals surface area contributed by atoms with E-state index in [1.165, 1.54) is 18.4 Å². The summed E-state index contributed by atoms with van der Waals surface area (Å²) in [6, 6.07) is 17.0. The van der Waals surface area contributed by atoms with Crippen LogP contribution in [0.1, 0.15) is 24.7 Å². The monoisotopic (exact) mass is 494 g/mol. The fourth-order valence-electron chi connectivity index (χ4n) is 4.10. The minimum absolute atomic E-state index is 0.0644. The van der Waals surface area contributed by atoms with E-state index in [0.29, 0.717) is 25.0 Å². The Bertz CT molecular complexity index is 1490. The van der Waals surface area contributed by atoms with Crippen molar-refractivity contribution in [3.8, 4) is 5.75 Å². The van der Waals surface area contributed by atoms with Gasteiger partial charge in [-0.2, -0.15) is 0 Å². The van der Waals surface area contributed by atoms with Gasteiger partial charge in [-0.25, -0.2) is 17.7 Å². The Labute approximate surface area is 205 Å². The lowest BCUT2D eigenvalue weighted by atomic mass is 10.1. The highest BCUT2D eigenvalue weighted by Crippen LogP contribution is 2.23. The second-order valence-corrected chi connectivity index (χ2v) is 10.7. The number of methoxy groups -OCH3 is 1. The summed E-state index contributed by atoms with van der Waals surface area (Å²) in [7, 11) is 1.11. The van der Waals surface area contributed by atoms with Crippen molar-refractivity contribution >= 4 is 37.7 Å². The van der Waals surface area contributed by atoms with E-state index in [9.17, 15) is 13.2 Å². The smallest absolute Gasteiger partial charge is 0.242 e. The summed E-state index contributed by atoms with van der Waals surface area (Å²) in [5, 5.41) is 5.15. The molecule has 0 aliphatic carbocycles. The van der Waals surface area contributed by atoms with Gasteiger partial charge < -0.3 is 14.6 Å². The van der Waals surface area contributed by atoms with Crippen molar-refractivity contribution in [2.45, 2.75) is 37.8 Å². The van der Waals surface area contributed by atoms with E-state index in [0.717, 1.165) is 33.4 Å². The lowest BCUT2D eigenvalue weighted by Crippen LogP contribution is -2.23. The van der Waals surface area contributed by atoms with Crippen LogP contribution in [-0.4, -0.2) is 49.4 Å². The van der Waals surface area contributed by atoms with Gasteiger partial charge in [0.05, 0.1) is 23.0 Å². The first-order chi connectivity index (χ1) is 16.7. The number of imidazole rings is 1. The topological polar surface area (TPSA) is 93.5 Å². The Hall–Kier alpha value is -3.43. The van der Waals surface area contributed by atoms with E-state index in [1.54, 1.807) is 25.3 Å². The molecule has 1 heterocycles. The zero-order chi connectivity index (χ0) is 25.2. The number of aromatic nitrogens is 2. The molecule has 0 unspecified atom stereocenters. The van der Waals surface area contributed by atoms with Crippen molar-refractivity contribution in [2.75, 3.05) is 21.2 Å². The first kappa shape index (κ1) is 24.7.